The van der Waals surface area contributed by atoms with Crippen molar-refractivity contribution >= 4 is 18.1 Å². The van der Waals surface area contributed by atoms with E-state index in [-0.39, 0.29) is 6.10 Å². The van der Waals surface area contributed by atoms with Crippen LogP contribution in [0.4, 0.5) is 0 Å². The van der Waals surface area contributed by atoms with Crippen molar-refractivity contribution in [1.29, 1.82) is 0 Å². The predicted octanol–water partition coefficient (Wildman–Crippen LogP) is 5.50. The molecule has 3 aromatic rings. The van der Waals surface area contributed by atoms with Gasteiger partial charge in [-0.1, -0.05) is 66.2 Å². The van der Waals surface area contributed by atoms with Gasteiger partial charge in [0.1, 0.15) is 5.56 Å². The molecule has 0 unspecified atom stereocenters. The lowest BCUT2D eigenvalue weighted by molar-refractivity contribution is 0.0377. The van der Waals surface area contributed by atoms with E-state index in [1.54, 1.807) is 0 Å². The Labute approximate surface area is 165 Å². The van der Waals surface area contributed by atoms with Crippen molar-refractivity contribution in [2.45, 2.75) is 33.8 Å². The fourth-order valence-electron chi connectivity index (χ4n) is 2.84. The Hall–Kier alpha value is -3.27. The monoisotopic (exact) mass is 372 g/mol. The maximum atomic E-state index is 12.7. The summed E-state index contributed by atoms with van der Waals surface area (Å²) in [5, 5.41) is 0. The van der Waals surface area contributed by atoms with Crippen LogP contribution in [0, 0.1) is 13.8 Å². The maximum Gasteiger partial charge on any atom is 0.342 e. The van der Waals surface area contributed by atoms with E-state index in [0.717, 1.165) is 11.1 Å². The van der Waals surface area contributed by atoms with E-state index in [1.165, 1.54) is 5.56 Å². The Bertz CT molecular complexity index is 991. The van der Waals surface area contributed by atoms with Crippen molar-refractivity contribution in [3.05, 3.63) is 82.8 Å². The van der Waals surface area contributed by atoms with Crippen molar-refractivity contribution in [3.63, 3.8) is 0 Å². The van der Waals surface area contributed by atoms with Crippen LogP contribution in [0.15, 0.2) is 54.6 Å². The minimum Gasteiger partial charge on any atom is -0.459 e. The number of carbonyl (C=O) groups excluding carboxylic acids is 1. The lowest BCUT2D eigenvalue weighted by Crippen LogP contribution is -2.16. The Balaban J connectivity index is 2.05. The van der Waals surface area contributed by atoms with E-state index in [4.69, 9.17) is 4.74 Å². The summed E-state index contributed by atoms with van der Waals surface area (Å²) < 4.78 is 5.42. The smallest absolute Gasteiger partial charge is 0.342 e. The van der Waals surface area contributed by atoms with Gasteiger partial charge in [0.05, 0.1) is 17.5 Å². The normalized spacial score (nSPS) is 11.2. The molecule has 142 valence electrons. The van der Waals surface area contributed by atoms with Crippen LogP contribution in [-0.4, -0.2) is 22.0 Å². The summed E-state index contributed by atoms with van der Waals surface area (Å²) in [6, 6.07) is 17.9. The third kappa shape index (κ3) is 4.71. The fraction of sp³-hybridized carbons (Fsp3) is 0.208. The topological polar surface area (TPSA) is 52.1 Å². The Morgan fingerprint density at radius 1 is 0.929 bits per heavy atom. The summed E-state index contributed by atoms with van der Waals surface area (Å²) in [6.07, 6.45) is 3.62. The largest absolute Gasteiger partial charge is 0.459 e. The first-order valence-corrected chi connectivity index (χ1v) is 9.34. The van der Waals surface area contributed by atoms with Crippen LogP contribution in [0.3, 0.4) is 0 Å². The number of benzene rings is 2. The fourth-order valence-corrected chi connectivity index (χ4v) is 2.84. The average Bonchev–Trinajstić information content (AvgIpc) is 2.67. The third-order valence-corrected chi connectivity index (χ3v) is 4.20. The van der Waals surface area contributed by atoms with E-state index in [2.05, 4.69) is 29.0 Å². The molecule has 0 aliphatic rings. The highest BCUT2D eigenvalue weighted by atomic mass is 16.5. The van der Waals surface area contributed by atoms with Crippen LogP contribution in [0.1, 0.15) is 46.9 Å². The number of hydrogen-bond donors (Lipinski definition) is 0. The van der Waals surface area contributed by atoms with Crippen molar-refractivity contribution in [2.75, 3.05) is 0 Å². The number of aromatic nitrogens is 2. The first-order valence-electron chi connectivity index (χ1n) is 9.34. The standard InChI is InChI=1S/C24H24N2O2/c1-16(2)28-24(27)22-18(4)25-21(15-14-19-12-10-17(3)11-13-19)26-23(22)20-8-6-5-7-9-20/h5-16H,1-4H3/b15-14+. The van der Waals surface area contributed by atoms with Crippen LogP contribution < -0.4 is 0 Å². The zero-order valence-corrected chi connectivity index (χ0v) is 16.6. The number of nitrogens with zero attached hydrogens (tertiary/aromatic N) is 2. The van der Waals surface area contributed by atoms with Gasteiger partial charge in [-0.2, -0.15) is 0 Å². The Morgan fingerprint density at radius 2 is 1.61 bits per heavy atom. The number of rotatable bonds is 5. The van der Waals surface area contributed by atoms with Crippen molar-refractivity contribution < 1.29 is 9.53 Å². The van der Waals surface area contributed by atoms with E-state index in [0.29, 0.717) is 22.8 Å². The molecule has 2 aromatic carbocycles. The van der Waals surface area contributed by atoms with E-state index in [9.17, 15) is 4.79 Å². The molecule has 0 atom stereocenters. The maximum absolute atomic E-state index is 12.7. The first-order chi connectivity index (χ1) is 13.4. The molecule has 0 aliphatic heterocycles. The molecular formula is C24H24N2O2. The molecule has 0 radical (unpaired) electrons. The van der Waals surface area contributed by atoms with Crippen LogP contribution in [0.2, 0.25) is 0 Å². The molecule has 1 aromatic heterocycles. The van der Waals surface area contributed by atoms with Gasteiger partial charge < -0.3 is 4.74 Å². The molecule has 0 bridgehead atoms. The SMILES string of the molecule is Cc1ccc(/C=C/c2nc(C)c(C(=O)OC(C)C)c(-c3ccccc3)n2)cc1. The van der Waals surface area contributed by atoms with Gasteiger partial charge in [-0.15, -0.1) is 0 Å². The van der Waals surface area contributed by atoms with Crippen LogP contribution >= 0.6 is 0 Å². The molecule has 1 heterocycles. The molecule has 0 aliphatic carbocycles. The van der Waals surface area contributed by atoms with Gasteiger partial charge in [0.25, 0.3) is 0 Å². The highest BCUT2D eigenvalue weighted by molar-refractivity contribution is 5.97. The first kappa shape index (κ1) is 19.5. The number of ether oxygens (including phenoxy) is 1. The number of carbonyl (C=O) groups is 1. The summed E-state index contributed by atoms with van der Waals surface area (Å²) in [5.74, 6) is 0.151. The highest BCUT2D eigenvalue weighted by Gasteiger charge is 2.21. The van der Waals surface area contributed by atoms with E-state index >= 15 is 0 Å². The molecule has 4 nitrogen and oxygen atoms in total. The minimum absolute atomic E-state index is 0.211. The van der Waals surface area contributed by atoms with Crippen molar-refractivity contribution in [3.8, 4) is 11.3 Å². The van der Waals surface area contributed by atoms with Crippen LogP contribution in [0.5, 0.6) is 0 Å². The lowest BCUT2D eigenvalue weighted by Gasteiger charge is -2.14. The zero-order valence-electron chi connectivity index (χ0n) is 16.6. The minimum atomic E-state index is -0.402. The van der Waals surface area contributed by atoms with Gasteiger partial charge >= 0.3 is 5.97 Å². The summed E-state index contributed by atoms with van der Waals surface area (Å²) in [6.45, 7) is 7.53. The number of aryl methyl sites for hydroxylation is 2. The number of hydrogen-bond acceptors (Lipinski definition) is 4. The molecule has 4 heteroatoms. The second kappa shape index (κ2) is 8.61. The van der Waals surface area contributed by atoms with E-state index in [1.807, 2.05) is 75.4 Å². The molecule has 3 rings (SSSR count). The summed E-state index contributed by atoms with van der Waals surface area (Å²) in [4.78, 5) is 21.9. The lowest BCUT2D eigenvalue weighted by atomic mass is 10.0. The molecule has 0 fully saturated rings. The summed E-state index contributed by atoms with van der Waals surface area (Å²) in [5.41, 5.74) is 4.73. The summed E-state index contributed by atoms with van der Waals surface area (Å²) >= 11 is 0. The molecule has 0 saturated carbocycles. The second-order valence-electron chi connectivity index (χ2n) is 6.95. The molecule has 28 heavy (non-hydrogen) atoms. The van der Waals surface area contributed by atoms with Crippen molar-refractivity contribution in [1.82, 2.24) is 9.97 Å². The molecule has 0 saturated heterocycles. The van der Waals surface area contributed by atoms with Crippen molar-refractivity contribution in [2.24, 2.45) is 0 Å². The molecule has 0 spiro atoms. The van der Waals surface area contributed by atoms with Gasteiger partial charge in [0.2, 0.25) is 0 Å². The molecular weight excluding hydrogens is 348 g/mol. The van der Waals surface area contributed by atoms with Crippen LogP contribution in [0.25, 0.3) is 23.4 Å². The third-order valence-electron chi connectivity index (χ3n) is 4.20. The van der Waals surface area contributed by atoms with Gasteiger partial charge in [-0.3, -0.25) is 0 Å². The van der Waals surface area contributed by atoms with Crippen LogP contribution in [-0.2, 0) is 4.74 Å². The van der Waals surface area contributed by atoms with Gasteiger partial charge in [-0.25, -0.2) is 14.8 Å². The number of esters is 1. The average molecular weight is 372 g/mol. The van der Waals surface area contributed by atoms with Gasteiger partial charge in [-0.05, 0) is 39.3 Å². The zero-order chi connectivity index (χ0) is 20.1. The highest BCUT2D eigenvalue weighted by Crippen LogP contribution is 2.25. The molecule has 0 amide bonds. The Morgan fingerprint density at radius 3 is 2.25 bits per heavy atom. The quantitative estimate of drug-likeness (QED) is 0.555. The van der Waals surface area contributed by atoms with E-state index < -0.39 is 5.97 Å². The van der Waals surface area contributed by atoms with Gasteiger partial charge in [0.15, 0.2) is 5.82 Å². The predicted molar refractivity (Wildman–Crippen MR) is 113 cm³/mol. The molecule has 0 N–H and O–H groups in total. The Kier molecular flexibility index (Phi) is 5.99. The van der Waals surface area contributed by atoms with Gasteiger partial charge in [0, 0.05) is 5.56 Å². The second-order valence-corrected chi connectivity index (χ2v) is 6.95. The summed E-state index contributed by atoms with van der Waals surface area (Å²) in [7, 11) is 0.